The molecule has 0 bridgehead atoms. The minimum Gasteiger partial charge on any atom is -1.00 e. The molecule has 0 atom stereocenters. The molecule has 1 heterocycles. The molecule has 20 heavy (non-hydrogen) atoms. The van der Waals surface area contributed by atoms with Crippen LogP contribution in [0, 0.1) is 0 Å². The highest BCUT2D eigenvalue weighted by atomic mass is 79.9. The van der Waals surface area contributed by atoms with Gasteiger partial charge in [-0.05, 0) is 12.1 Å². The van der Waals surface area contributed by atoms with E-state index in [1.807, 2.05) is 6.07 Å². The van der Waals surface area contributed by atoms with E-state index in [2.05, 4.69) is 0 Å². The fourth-order valence-electron chi connectivity index (χ4n) is 1.84. The fourth-order valence-corrected chi connectivity index (χ4v) is 1.84. The van der Waals surface area contributed by atoms with Crippen molar-refractivity contribution in [1.82, 2.24) is 0 Å². The minimum absolute atomic E-state index is 0. The second kappa shape index (κ2) is 6.81. The highest BCUT2D eigenvalue weighted by Crippen LogP contribution is 2.07. The van der Waals surface area contributed by atoms with Gasteiger partial charge in [-0.1, -0.05) is 18.2 Å². The standard InChI is InChI=1S/C14H12N2O3.BrH/c15-13(17)12-6-2-1-4-10(12)8-16-7-3-5-11(9-16)14(18)19;/h1-7,9H,8H2,(H2-,15,17,18,19);1H. The molecule has 0 aliphatic carbocycles. The number of pyridine rings is 1. The van der Waals surface area contributed by atoms with Crippen molar-refractivity contribution in [3.8, 4) is 0 Å². The summed E-state index contributed by atoms with van der Waals surface area (Å²) < 4.78 is 1.70. The van der Waals surface area contributed by atoms with E-state index in [9.17, 15) is 9.59 Å². The summed E-state index contributed by atoms with van der Waals surface area (Å²) in [5.74, 6) is -1.48. The number of nitrogens with zero attached hydrogens (tertiary/aromatic N) is 1. The first-order valence-corrected chi connectivity index (χ1v) is 5.68. The molecule has 1 amide bonds. The number of carbonyl (C=O) groups is 2. The molecule has 0 unspecified atom stereocenters. The first kappa shape index (κ1) is 15.8. The van der Waals surface area contributed by atoms with Crippen LogP contribution in [0.5, 0.6) is 0 Å². The maximum absolute atomic E-state index is 11.3. The lowest BCUT2D eigenvalue weighted by molar-refractivity contribution is -0.688. The summed E-state index contributed by atoms with van der Waals surface area (Å²) in [4.78, 5) is 22.2. The van der Waals surface area contributed by atoms with Gasteiger partial charge in [0.2, 0.25) is 5.91 Å². The van der Waals surface area contributed by atoms with E-state index in [1.54, 1.807) is 35.0 Å². The van der Waals surface area contributed by atoms with Crippen molar-refractivity contribution in [2.24, 2.45) is 5.73 Å². The molecule has 1 aromatic heterocycles. The van der Waals surface area contributed by atoms with E-state index in [0.29, 0.717) is 12.1 Å². The largest absolute Gasteiger partial charge is 1.00 e. The average molecular weight is 337 g/mol. The van der Waals surface area contributed by atoms with Gasteiger partial charge in [0.25, 0.3) is 0 Å². The number of aromatic nitrogens is 1. The van der Waals surface area contributed by atoms with Crippen LogP contribution in [-0.2, 0) is 6.54 Å². The molecule has 6 heteroatoms. The Bertz CT molecular complexity index is 644. The third-order valence-corrected chi connectivity index (χ3v) is 2.74. The summed E-state index contributed by atoms with van der Waals surface area (Å²) in [5.41, 5.74) is 6.69. The smallest absolute Gasteiger partial charge is 0.341 e. The Morgan fingerprint density at radius 2 is 1.85 bits per heavy atom. The Morgan fingerprint density at radius 3 is 2.50 bits per heavy atom. The summed E-state index contributed by atoms with van der Waals surface area (Å²) in [5, 5.41) is 8.93. The number of carbonyl (C=O) groups excluding carboxylic acids is 1. The van der Waals surface area contributed by atoms with Gasteiger partial charge in [0.05, 0.1) is 0 Å². The molecule has 2 rings (SSSR count). The maximum Gasteiger partial charge on any atom is 0.341 e. The number of benzene rings is 1. The van der Waals surface area contributed by atoms with Crippen LogP contribution in [0.25, 0.3) is 0 Å². The number of hydrogen-bond acceptors (Lipinski definition) is 2. The van der Waals surface area contributed by atoms with E-state index in [1.165, 1.54) is 12.3 Å². The molecule has 0 aliphatic heterocycles. The third kappa shape index (κ3) is 3.64. The average Bonchev–Trinajstić information content (AvgIpc) is 2.39. The van der Waals surface area contributed by atoms with Crippen molar-refractivity contribution in [1.29, 1.82) is 0 Å². The van der Waals surface area contributed by atoms with Gasteiger partial charge in [0, 0.05) is 17.2 Å². The normalized spacial score (nSPS) is 9.60. The molecule has 0 radical (unpaired) electrons. The number of amides is 1. The minimum atomic E-state index is -0.988. The van der Waals surface area contributed by atoms with Crippen molar-refractivity contribution < 1.29 is 36.2 Å². The van der Waals surface area contributed by atoms with E-state index in [0.717, 1.165) is 5.56 Å². The summed E-state index contributed by atoms with van der Waals surface area (Å²) in [7, 11) is 0. The number of rotatable bonds is 4. The molecule has 0 spiro atoms. The number of halogens is 1. The first-order chi connectivity index (χ1) is 9.08. The highest BCUT2D eigenvalue weighted by Gasteiger charge is 2.13. The molecular weight excluding hydrogens is 324 g/mol. The molecular formula is C14H13BrN2O3. The van der Waals surface area contributed by atoms with Crippen molar-refractivity contribution in [3.05, 3.63) is 65.5 Å². The van der Waals surface area contributed by atoms with Gasteiger partial charge in [0.15, 0.2) is 18.9 Å². The second-order valence-corrected chi connectivity index (χ2v) is 4.09. The van der Waals surface area contributed by atoms with Crippen LogP contribution >= 0.6 is 0 Å². The van der Waals surface area contributed by atoms with Gasteiger partial charge in [0.1, 0.15) is 5.56 Å². The molecule has 0 fully saturated rings. The Hall–Kier alpha value is -2.21. The predicted molar refractivity (Wildman–Crippen MR) is 67.7 cm³/mol. The maximum atomic E-state index is 11.3. The van der Waals surface area contributed by atoms with Gasteiger partial charge in [-0.3, -0.25) is 4.79 Å². The topological polar surface area (TPSA) is 84.3 Å². The highest BCUT2D eigenvalue weighted by molar-refractivity contribution is 5.94. The van der Waals surface area contributed by atoms with Crippen LogP contribution in [0.3, 0.4) is 0 Å². The Labute approximate surface area is 126 Å². The summed E-state index contributed by atoms with van der Waals surface area (Å²) >= 11 is 0. The van der Waals surface area contributed by atoms with Crippen molar-refractivity contribution in [2.75, 3.05) is 0 Å². The second-order valence-electron chi connectivity index (χ2n) is 4.09. The molecule has 0 aliphatic rings. The summed E-state index contributed by atoms with van der Waals surface area (Å²) in [6, 6.07) is 10.2. The van der Waals surface area contributed by atoms with E-state index in [-0.39, 0.29) is 22.5 Å². The Kier molecular flexibility index (Phi) is 5.40. The van der Waals surface area contributed by atoms with E-state index >= 15 is 0 Å². The Balaban J connectivity index is 0.00000200. The van der Waals surface area contributed by atoms with Gasteiger partial charge < -0.3 is 27.8 Å². The zero-order valence-corrected chi connectivity index (χ0v) is 12.1. The quantitative estimate of drug-likeness (QED) is 0.623. The summed E-state index contributed by atoms with van der Waals surface area (Å²) in [6.07, 6.45) is 3.25. The van der Waals surface area contributed by atoms with Crippen molar-refractivity contribution in [2.45, 2.75) is 6.54 Å². The Morgan fingerprint density at radius 1 is 1.15 bits per heavy atom. The number of hydrogen-bond donors (Lipinski definition) is 2. The zero-order valence-electron chi connectivity index (χ0n) is 10.5. The van der Waals surface area contributed by atoms with E-state index < -0.39 is 11.9 Å². The van der Waals surface area contributed by atoms with Gasteiger partial charge in [-0.15, -0.1) is 0 Å². The SMILES string of the molecule is NC(=O)c1ccccc1C[n+]1cccc(C(=O)O)c1.[Br-]. The van der Waals surface area contributed by atoms with Crippen LogP contribution in [-0.4, -0.2) is 17.0 Å². The number of carboxylic acid groups (broad SMARTS) is 1. The number of aromatic carboxylic acids is 1. The number of primary amides is 1. The summed E-state index contributed by atoms with van der Waals surface area (Å²) in [6.45, 7) is 0.389. The van der Waals surface area contributed by atoms with Crippen LogP contribution in [0.15, 0.2) is 48.8 Å². The molecule has 104 valence electrons. The lowest BCUT2D eigenvalue weighted by Crippen LogP contribution is -3.00. The predicted octanol–water partition coefficient (Wildman–Crippen LogP) is -2.18. The monoisotopic (exact) mass is 336 g/mol. The lowest BCUT2D eigenvalue weighted by atomic mass is 10.1. The van der Waals surface area contributed by atoms with Crippen LogP contribution in [0.1, 0.15) is 26.3 Å². The number of nitrogens with two attached hydrogens (primary N) is 1. The van der Waals surface area contributed by atoms with E-state index in [4.69, 9.17) is 10.8 Å². The van der Waals surface area contributed by atoms with Gasteiger partial charge in [-0.2, -0.15) is 4.57 Å². The molecule has 1 aromatic carbocycles. The fraction of sp³-hybridized carbons (Fsp3) is 0.0714. The van der Waals surface area contributed by atoms with Gasteiger partial charge >= 0.3 is 5.97 Å². The third-order valence-electron chi connectivity index (χ3n) is 2.74. The lowest BCUT2D eigenvalue weighted by Gasteiger charge is -2.03. The van der Waals surface area contributed by atoms with Crippen LogP contribution in [0.4, 0.5) is 0 Å². The number of carboxylic acids is 1. The molecule has 0 saturated heterocycles. The first-order valence-electron chi connectivity index (χ1n) is 5.68. The van der Waals surface area contributed by atoms with Crippen LogP contribution < -0.4 is 27.3 Å². The van der Waals surface area contributed by atoms with Crippen molar-refractivity contribution in [3.63, 3.8) is 0 Å². The molecule has 3 N–H and O–H groups in total. The molecule has 5 nitrogen and oxygen atoms in total. The molecule has 0 saturated carbocycles. The van der Waals surface area contributed by atoms with Crippen molar-refractivity contribution >= 4 is 11.9 Å². The molecule has 2 aromatic rings. The van der Waals surface area contributed by atoms with Crippen LogP contribution in [0.2, 0.25) is 0 Å². The zero-order chi connectivity index (χ0) is 13.8. The van der Waals surface area contributed by atoms with Gasteiger partial charge in [-0.25, -0.2) is 4.79 Å².